The Morgan fingerprint density at radius 3 is 2.04 bits per heavy atom. The maximum absolute atomic E-state index is 12.3. The number of hydrogen-bond acceptors (Lipinski definition) is 4. The third-order valence-corrected chi connectivity index (χ3v) is 4.11. The molecule has 0 saturated carbocycles. The van der Waals surface area contributed by atoms with Gasteiger partial charge in [0.15, 0.2) is 0 Å². The Morgan fingerprint density at radius 1 is 1.09 bits per heavy atom. The molecule has 1 aliphatic heterocycles. The zero-order chi connectivity index (χ0) is 17.8. The molecule has 1 rings (SSSR count). The molecular weight excluding hydrogens is 290 g/mol. The molecule has 0 aromatic carbocycles. The zero-order valence-electron chi connectivity index (χ0n) is 16.2. The summed E-state index contributed by atoms with van der Waals surface area (Å²) in [5.74, 6) is -0.161. The summed E-state index contributed by atoms with van der Waals surface area (Å²) in [4.78, 5) is 14.7. The van der Waals surface area contributed by atoms with Crippen LogP contribution in [0.3, 0.4) is 0 Å². The first-order valence-electron chi connectivity index (χ1n) is 8.69. The number of rotatable bonds is 4. The summed E-state index contributed by atoms with van der Waals surface area (Å²) in [6, 6.07) is 0. The Kier molecular flexibility index (Phi) is 6.70. The minimum atomic E-state index is -0.439. The predicted molar refractivity (Wildman–Crippen MR) is 94.1 cm³/mol. The second-order valence-electron chi connectivity index (χ2n) is 8.58. The lowest BCUT2D eigenvalue weighted by molar-refractivity contribution is -0.160. The van der Waals surface area contributed by atoms with Gasteiger partial charge in [-0.25, -0.2) is 0 Å². The highest BCUT2D eigenvalue weighted by atomic mass is 16.6. The van der Waals surface area contributed by atoms with Crippen LogP contribution in [-0.2, 0) is 14.3 Å². The number of morpholine rings is 1. The lowest BCUT2D eigenvalue weighted by Crippen LogP contribution is -2.40. The van der Waals surface area contributed by atoms with Gasteiger partial charge in [0.1, 0.15) is 5.60 Å². The maximum Gasteiger partial charge on any atom is 0.309 e. The Morgan fingerprint density at radius 2 is 1.61 bits per heavy atom. The van der Waals surface area contributed by atoms with Crippen molar-refractivity contribution in [2.75, 3.05) is 26.3 Å². The highest BCUT2D eigenvalue weighted by Gasteiger charge is 2.29. The molecule has 0 amide bonds. The second-order valence-corrected chi connectivity index (χ2v) is 8.58. The molecule has 2 atom stereocenters. The molecule has 4 nitrogen and oxygen atoms in total. The third kappa shape index (κ3) is 6.54. The molecule has 1 heterocycles. The topological polar surface area (TPSA) is 38.8 Å². The number of nitrogens with zero attached hydrogens (tertiary/aromatic N) is 1. The summed E-state index contributed by atoms with van der Waals surface area (Å²) in [6.07, 6.45) is 2.25. The molecule has 1 aliphatic rings. The molecule has 1 saturated heterocycles. The average Bonchev–Trinajstić information content (AvgIpc) is 2.41. The van der Waals surface area contributed by atoms with E-state index >= 15 is 0 Å². The normalized spacial score (nSPS) is 20.2. The molecule has 0 N–H and O–H groups in total. The van der Waals surface area contributed by atoms with Crippen LogP contribution in [0.2, 0.25) is 0 Å². The standard InChI is InChI=1S/C19H35NO3/c1-14(15(2)17(21)23-19(6,7)8)13-16(18(3,4)5)20-9-11-22-12-10-20/h13-15H,9-12H2,1-8H3/b16-13+/t14-,15+/m0/s1. The van der Waals surface area contributed by atoms with Gasteiger partial charge >= 0.3 is 5.97 Å². The van der Waals surface area contributed by atoms with Gasteiger partial charge in [0, 0.05) is 24.2 Å². The van der Waals surface area contributed by atoms with E-state index in [1.165, 1.54) is 5.70 Å². The SMILES string of the molecule is C[C@@H](/C=C(/N1CCOCC1)C(C)(C)C)[C@@H](C)C(=O)OC(C)(C)C. The average molecular weight is 325 g/mol. The molecule has 0 aliphatic carbocycles. The van der Waals surface area contributed by atoms with Gasteiger partial charge in [0.05, 0.1) is 19.1 Å². The number of hydrogen-bond donors (Lipinski definition) is 0. The molecule has 4 heteroatoms. The van der Waals surface area contributed by atoms with E-state index in [2.05, 4.69) is 38.7 Å². The predicted octanol–water partition coefficient (Wildman–Crippen LogP) is 3.86. The summed E-state index contributed by atoms with van der Waals surface area (Å²) in [5.41, 5.74) is 0.897. The van der Waals surface area contributed by atoms with Crippen LogP contribution in [0.4, 0.5) is 0 Å². The molecule has 1 fully saturated rings. The van der Waals surface area contributed by atoms with Gasteiger partial charge in [-0.1, -0.05) is 40.7 Å². The van der Waals surface area contributed by atoms with E-state index in [-0.39, 0.29) is 23.2 Å². The molecule has 0 bridgehead atoms. The van der Waals surface area contributed by atoms with Crippen LogP contribution in [0, 0.1) is 17.3 Å². The second kappa shape index (κ2) is 7.69. The van der Waals surface area contributed by atoms with Crippen molar-refractivity contribution < 1.29 is 14.3 Å². The van der Waals surface area contributed by atoms with Crippen LogP contribution >= 0.6 is 0 Å². The third-order valence-electron chi connectivity index (χ3n) is 4.11. The lowest BCUT2D eigenvalue weighted by Gasteiger charge is -2.38. The van der Waals surface area contributed by atoms with Crippen molar-refractivity contribution >= 4 is 5.97 Å². The van der Waals surface area contributed by atoms with Gasteiger partial charge in [0.2, 0.25) is 0 Å². The summed E-state index contributed by atoms with van der Waals surface area (Å²) in [5, 5.41) is 0. The van der Waals surface area contributed by atoms with E-state index in [0.717, 1.165) is 26.3 Å². The summed E-state index contributed by atoms with van der Waals surface area (Å²) in [7, 11) is 0. The van der Waals surface area contributed by atoms with Gasteiger partial charge in [-0.2, -0.15) is 0 Å². The molecule has 134 valence electrons. The fourth-order valence-electron chi connectivity index (χ4n) is 2.64. The van der Waals surface area contributed by atoms with Crippen LogP contribution in [0.15, 0.2) is 11.8 Å². The Bertz CT molecular complexity index is 423. The minimum Gasteiger partial charge on any atom is -0.460 e. The number of allylic oxidation sites excluding steroid dienone is 2. The van der Waals surface area contributed by atoms with Crippen molar-refractivity contribution in [3.8, 4) is 0 Å². The minimum absolute atomic E-state index is 0.0409. The first kappa shape index (κ1) is 20.0. The van der Waals surface area contributed by atoms with Gasteiger partial charge in [-0.15, -0.1) is 0 Å². The largest absolute Gasteiger partial charge is 0.460 e. The number of ether oxygens (including phenoxy) is 2. The van der Waals surface area contributed by atoms with Crippen molar-refractivity contribution in [2.24, 2.45) is 17.3 Å². The fraction of sp³-hybridized carbons (Fsp3) is 0.842. The van der Waals surface area contributed by atoms with Crippen LogP contribution in [0.1, 0.15) is 55.4 Å². The molecule has 0 aromatic rings. The highest BCUT2D eigenvalue weighted by Crippen LogP contribution is 2.32. The first-order chi connectivity index (χ1) is 10.4. The number of carbonyl (C=O) groups excluding carboxylic acids is 1. The highest BCUT2D eigenvalue weighted by molar-refractivity contribution is 5.73. The van der Waals surface area contributed by atoms with Crippen LogP contribution in [0.25, 0.3) is 0 Å². The van der Waals surface area contributed by atoms with Crippen molar-refractivity contribution in [3.05, 3.63) is 11.8 Å². The van der Waals surface area contributed by atoms with Gasteiger partial charge in [-0.3, -0.25) is 4.79 Å². The summed E-state index contributed by atoms with van der Waals surface area (Å²) >= 11 is 0. The fourth-order valence-corrected chi connectivity index (χ4v) is 2.64. The first-order valence-corrected chi connectivity index (χ1v) is 8.69. The van der Waals surface area contributed by atoms with Crippen molar-refractivity contribution in [1.29, 1.82) is 0 Å². The molecule has 0 aromatic heterocycles. The van der Waals surface area contributed by atoms with E-state index in [4.69, 9.17) is 9.47 Å². The number of esters is 1. The lowest BCUT2D eigenvalue weighted by atomic mass is 9.85. The van der Waals surface area contributed by atoms with Crippen molar-refractivity contribution in [1.82, 2.24) is 4.90 Å². The van der Waals surface area contributed by atoms with Gasteiger partial charge in [-0.05, 0) is 26.7 Å². The Labute approximate surface area is 142 Å². The van der Waals surface area contributed by atoms with Gasteiger partial charge < -0.3 is 14.4 Å². The van der Waals surface area contributed by atoms with Crippen LogP contribution < -0.4 is 0 Å². The zero-order valence-corrected chi connectivity index (χ0v) is 16.2. The monoisotopic (exact) mass is 325 g/mol. The van der Waals surface area contributed by atoms with E-state index in [1.807, 2.05) is 27.7 Å². The summed E-state index contributed by atoms with van der Waals surface area (Å²) < 4.78 is 11.0. The van der Waals surface area contributed by atoms with Gasteiger partial charge in [0.25, 0.3) is 0 Å². The van der Waals surface area contributed by atoms with E-state index < -0.39 is 5.60 Å². The van der Waals surface area contributed by atoms with Crippen molar-refractivity contribution in [3.63, 3.8) is 0 Å². The smallest absolute Gasteiger partial charge is 0.309 e. The molecular formula is C19H35NO3. The molecule has 0 radical (unpaired) electrons. The Hall–Kier alpha value is -1.03. The maximum atomic E-state index is 12.3. The quantitative estimate of drug-likeness (QED) is 0.736. The van der Waals surface area contributed by atoms with Crippen LogP contribution in [-0.4, -0.2) is 42.8 Å². The molecule has 23 heavy (non-hydrogen) atoms. The van der Waals surface area contributed by atoms with Crippen molar-refractivity contribution in [2.45, 2.75) is 61.0 Å². The van der Waals surface area contributed by atoms with E-state index in [1.54, 1.807) is 0 Å². The molecule has 0 spiro atoms. The van der Waals surface area contributed by atoms with E-state index in [9.17, 15) is 4.79 Å². The Balaban J connectivity index is 2.90. The number of carbonyl (C=O) groups is 1. The summed E-state index contributed by atoms with van der Waals surface area (Å²) in [6.45, 7) is 19.8. The molecule has 0 unspecified atom stereocenters. The van der Waals surface area contributed by atoms with Crippen LogP contribution in [0.5, 0.6) is 0 Å². The van der Waals surface area contributed by atoms with E-state index in [0.29, 0.717) is 0 Å².